The number of aryl methyl sites for hydroxylation is 1. The highest BCUT2D eigenvalue weighted by molar-refractivity contribution is 7.89. The first kappa shape index (κ1) is 20.8. The van der Waals surface area contributed by atoms with E-state index in [0.29, 0.717) is 18.7 Å². The molecule has 7 nitrogen and oxygen atoms in total. The molecule has 0 amide bonds. The van der Waals surface area contributed by atoms with Gasteiger partial charge in [0.05, 0.1) is 0 Å². The van der Waals surface area contributed by atoms with Crippen molar-refractivity contribution in [1.82, 2.24) is 9.29 Å². The molecule has 1 N–H and O–H groups in total. The van der Waals surface area contributed by atoms with Crippen molar-refractivity contribution in [2.24, 2.45) is 0 Å². The number of sulfonamides is 1. The number of thiophene rings is 1. The smallest absolute Gasteiger partial charge is 0.350 e. The first-order valence-electron chi connectivity index (χ1n) is 9.80. The Morgan fingerprint density at radius 3 is 2.70 bits per heavy atom. The summed E-state index contributed by atoms with van der Waals surface area (Å²) in [5.74, 6) is -1.14. The second-order valence-corrected chi connectivity index (χ2v) is 9.94. The molecule has 0 bridgehead atoms. The number of aromatic nitrogens is 1. The van der Waals surface area contributed by atoms with Crippen LogP contribution in [0.2, 0.25) is 0 Å². The van der Waals surface area contributed by atoms with Crippen LogP contribution in [-0.2, 0) is 21.2 Å². The zero-order valence-corrected chi connectivity index (χ0v) is 18.1. The lowest BCUT2D eigenvalue weighted by Gasteiger charge is -2.15. The van der Waals surface area contributed by atoms with E-state index in [4.69, 9.17) is 4.74 Å². The maximum Gasteiger partial charge on any atom is 0.350 e. The summed E-state index contributed by atoms with van der Waals surface area (Å²) in [6, 6.07) is 7.15. The van der Waals surface area contributed by atoms with E-state index in [1.165, 1.54) is 10.4 Å². The number of benzene rings is 1. The zero-order valence-electron chi connectivity index (χ0n) is 16.5. The Bertz CT molecular complexity index is 1200. The predicted molar refractivity (Wildman–Crippen MR) is 115 cm³/mol. The van der Waals surface area contributed by atoms with Crippen LogP contribution in [0.1, 0.15) is 45.4 Å². The van der Waals surface area contributed by atoms with Gasteiger partial charge in [-0.2, -0.15) is 4.31 Å². The monoisotopic (exact) mass is 446 g/mol. The predicted octanol–water partition coefficient (Wildman–Crippen LogP) is 3.62. The normalized spacial score (nSPS) is 15.0. The van der Waals surface area contributed by atoms with Crippen molar-refractivity contribution in [2.75, 3.05) is 19.7 Å². The fraction of sp³-hybridized carbons (Fsp3) is 0.333. The van der Waals surface area contributed by atoms with Crippen molar-refractivity contribution in [3.63, 3.8) is 0 Å². The average molecular weight is 447 g/mol. The van der Waals surface area contributed by atoms with Crippen LogP contribution in [0, 0.1) is 0 Å². The van der Waals surface area contributed by atoms with Crippen LogP contribution >= 0.6 is 11.3 Å². The van der Waals surface area contributed by atoms with Crippen molar-refractivity contribution >= 4 is 44.0 Å². The van der Waals surface area contributed by atoms with Crippen LogP contribution in [0.15, 0.2) is 40.7 Å². The number of carbonyl (C=O) groups excluding carboxylic acids is 2. The molecule has 0 spiro atoms. The van der Waals surface area contributed by atoms with Gasteiger partial charge in [-0.05, 0) is 36.3 Å². The van der Waals surface area contributed by atoms with Gasteiger partial charge in [0.15, 0.2) is 6.61 Å². The van der Waals surface area contributed by atoms with E-state index in [0.717, 1.165) is 47.1 Å². The third-order valence-corrected chi connectivity index (χ3v) is 8.28. The Hall–Kier alpha value is -2.49. The number of carbonyl (C=O) groups is 2. The molecule has 3 heterocycles. The molecule has 2 aromatic heterocycles. The van der Waals surface area contributed by atoms with Crippen molar-refractivity contribution < 1.29 is 22.7 Å². The average Bonchev–Trinajstić information content (AvgIpc) is 3.50. The molecule has 0 saturated carbocycles. The lowest BCUT2D eigenvalue weighted by atomic mass is 10.1. The Labute approximate surface area is 178 Å². The van der Waals surface area contributed by atoms with Crippen molar-refractivity contribution in [3.8, 4) is 0 Å². The van der Waals surface area contributed by atoms with Gasteiger partial charge in [0.1, 0.15) is 9.77 Å². The quantitative estimate of drug-likeness (QED) is 0.442. The largest absolute Gasteiger partial charge is 0.453 e. The van der Waals surface area contributed by atoms with E-state index >= 15 is 0 Å². The summed E-state index contributed by atoms with van der Waals surface area (Å²) < 4.78 is 32.2. The van der Waals surface area contributed by atoms with Crippen molar-refractivity contribution in [1.29, 1.82) is 0 Å². The van der Waals surface area contributed by atoms with Gasteiger partial charge in [-0.25, -0.2) is 13.2 Å². The van der Waals surface area contributed by atoms with E-state index in [-0.39, 0.29) is 15.6 Å². The Morgan fingerprint density at radius 2 is 1.97 bits per heavy atom. The SMILES string of the molecule is CCc1cccc2c(C(=O)COC(=O)c3sccc3S(=O)(=O)N3CCCC3)c[nH]c12. The summed E-state index contributed by atoms with van der Waals surface area (Å²) >= 11 is 1.00. The molecule has 0 radical (unpaired) electrons. The van der Waals surface area contributed by atoms with Crippen LogP contribution in [0.4, 0.5) is 0 Å². The second kappa shape index (κ2) is 8.33. The summed E-state index contributed by atoms with van der Waals surface area (Å²) in [5, 5.41) is 2.33. The molecule has 0 aliphatic carbocycles. The van der Waals surface area contributed by atoms with Crippen LogP contribution in [0.25, 0.3) is 10.9 Å². The number of para-hydroxylation sites is 1. The van der Waals surface area contributed by atoms with Crippen LogP contribution in [-0.4, -0.2) is 49.2 Å². The summed E-state index contributed by atoms with van der Waals surface area (Å²) in [5.41, 5.74) is 2.44. The van der Waals surface area contributed by atoms with Gasteiger partial charge in [0.2, 0.25) is 15.8 Å². The molecular formula is C21H22N2O5S2. The molecule has 30 heavy (non-hydrogen) atoms. The van der Waals surface area contributed by atoms with Gasteiger partial charge in [-0.3, -0.25) is 4.79 Å². The Balaban J connectivity index is 1.50. The number of nitrogens with zero attached hydrogens (tertiary/aromatic N) is 1. The van der Waals surface area contributed by atoms with Crippen molar-refractivity contribution in [3.05, 3.63) is 51.8 Å². The summed E-state index contributed by atoms with van der Waals surface area (Å²) in [7, 11) is -3.74. The number of nitrogens with one attached hydrogen (secondary N) is 1. The van der Waals surface area contributed by atoms with E-state index in [2.05, 4.69) is 4.98 Å². The lowest BCUT2D eigenvalue weighted by Crippen LogP contribution is -2.28. The minimum Gasteiger partial charge on any atom is -0.453 e. The van der Waals surface area contributed by atoms with Crippen molar-refractivity contribution in [2.45, 2.75) is 31.1 Å². The number of fused-ring (bicyclic) bond motifs is 1. The minimum absolute atomic E-state index is 0.00176. The van der Waals surface area contributed by atoms with E-state index in [1.54, 1.807) is 11.6 Å². The topological polar surface area (TPSA) is 96.5 Å². The number of ether oxygens (including phenoxy) is 1. The van der Waals surface area contributed by atoms with E-state index in [9.17, 15) is 18.0 Å². The molecule has 3 aromatic rings. The number of H-pyrrole nitrogens is 1. The molecule has 9 heteroatoms. The first-order valence-corrected chi connectivity index (χ1v) is 12.1. The maximum atomic E-state index is 12.8. The highest BCUT2D eigenvalue weighted by atomic mass is 32.2. The van der Waals surface area contributed by atoms with E-state index in [1.807, 2.05) is 25.1 Å². The fourth-order valence-electron chi connectivity index (χ4n) is 3.73. The standard InChI is InChI=1S/C21H22N2O5S2/c1-2-14-6-5-7-15-16(12-22-19(14)15)17(24)13-28-21(25)20-18(8-11-29-20)30(26,27)23-9-3-4-10-23/h5-8,11-12,22H,2-4,9-10,13H2,1H3. The number of ketones is 1. The van der Waals surface area contributed by atoms with Gasteiger partial charge in [-0.15, -0.1) is 11.3 Å². The highest BCUT2D eigenvalue weighted by Crippen LogP contribution is 2.28. The van der Waals surface area contributed by atoms with E-state index < -0.39 is 22.6 Å². The molecule has 1 aliphatic heterocycles. The molecule has 0 atom stereocenters. The number of hydrogen-bond acceptors (Lipinski definition) is 6. The summed E-state index contributed by atoms with van der Waals surface area (Å²) in [6.07, 6.45) is 4.06. The Kier molecular flexibility index (Phi) is 5.77. The zero-order chi connectivity index (χ0) is 21.3. The number of rotatable bonds is 7. The maximum absolute atomic E-state index is 12.8. The Morgan fingerprint density at radius 1 is 1.20 bits per heavy atom. The first-order chi connectivity index (χ1) is 14.4. The van der Waals surface area contributed by atoms with Crippen LogP contribution < -0.4 is 0 Å². The molecule has 1 fully saturated rings. The summed E-state index contributed by atoms with van der Waals surface area (Å²) in [4.78, 5) is 28.3. The van der Waals surface area contributed by atoms with Gasteiger partial charge in [0, 0.05) is 35.8 Å². The second-order valence-electron chi connectivity index (χ2n) is 7.12. The number of esters is 1. The van der Waals surface area contributed by atoms with Crippen LogP contribution in [0.5, 0.6) is 0 Å². The molecule has 4 rings (SSSR count). The number of hydrogen-bond donors (Lipinski definition) is 1. The third-order valence-electron chi connectivity index (χ3n) is 5.31. The van der Waals surface area contributed by atoms with Crippen LogP contribution in [0.3, 0.4) is 0 Å². The molecule has 1 aliphatic rings. The number of Topliss-reactive ketones (excluding diaryl/α,β-unsaturated/α-hetero) is 1. The van der Waals surface area contributed by atoms with Gasteiger partial charge < -0.3 is 9.72 Å². The molecule has 0 unspecified atom stereocenters. The van der Waals surface area contributed by atoms with Gasteiger partial charge in [0.25, 0.3) is 0 Å². The van der Waals surface area contributed by atoms with Gasteiger partial charge >= 0.3 is 5.97 Å². The highest BCUT2D eigenvalue weighted by Gasteiger charge is 2.32. The fourth-order valence-corrected chi connectivity index (χ4v) is 6.53. The molecular weight excluding hydrogens is 424 g/mol. The summed E-state index contributed by atoms with van der Waals surface area (Å²) in [6.45, 7) is 2.48. The molecule has 1 saturated heterocycles. The number of aromatic amines is 1. The third kappa shape index (κ3) is 3.68. The van der Waals surface area contributed by atoms with Gasteiger partial charge in [-0.1, -0.05) is 25.1 Å². The lowest BCUT2D eigenvalue weighted by molar-refractivity contribution is 0.0476. The minimum atomic E-state index is -3.74. The molecule has 1 aromatic carbocycles. The molecule has 158 valence electrons.